The van der Waals surface area contributed by atoms with Gasteiger partial charge in [0.2, 0.25) is 0 Å². The molecule has 4 rings (SSSR count). The number of alkyl halides is 3. The van der Waals surface area contributed by atoms with Crippen LogP contribution in [-0.4, -0.2) is 21.4 Å². The van der Waals surface area contributed by atoms with Gasteiger partial charge in [0, 0.05) is 59.2 Å². The van der Waals surface area contributed by atoms with Gasteiger partial charge in [-0.3, -0.25) is 4.90 Å². The number of nitrogens with zero attached hydrogens (tertiary/aromatic N) is 3. The fraction of sp³-hybridized carbons (Fsp3) is 0.364. The van der Waals surface area contributed by atoms with Gasteiger partial charge in [-0.1, -0.05) is 26.0 Å². The Morgan fingerprint density at radius 3 is 2.55 bits per heavy atom. The number of benzene rings is 1. The summed E-state index contributed by atoms with van der Waals surface area (Å²) in [6, 6.07) is 9.41. The van der Waals surface area contributed by atoms with Crippen LogP contribution in [0, 0.1) is 0 Å². The maximum Gasteiger partial charge on any atom is 0.416 e. The molecule has 3 aromatic rings. The van der Waals surface area contributed by atoms with Crippen LogP contribution in [0.25, 0.3) is 10.4 Å². The van der Waals surface area contributed by atoms with Crippen LogP contribution in [0.1, 0.15) is 47.3 Å². The molecule has 0 fully saturated rings. The van der Waals surface area contributed by atoms with E-state index in [0.29, 0.717) is 5.92 Å². The largest absolute Gasteiger partial charge is 0.416 e. The van der Waals surface area contributed by atoms with E-state index in [1.807, 2.05) is 12.3 Å². The molecule has 1 aromatic carbocycles. The van der Waals surface area contributed by atoms with Crippen LogP contribution < -0.4 is 0 Å². The topological polar surface area (TPSA) is 29.0 Å². The van der Waals surface area contributed by atoms with E-state index in [1.165, 1.54) is 10.4 Å². The van der Waals surface area contributed by atoms with E-state index in [-0.39, 0.29) is 0 Å². The van der Waals surface area contributed by atoms with Gasteiger partial charge >= 0.3 is 6.18 Å². The van der Waals surface area contributed by atoms with Crippen LogP contribution in [0.3, 0.4) is 0 Å². The molecule has 0 amide bonds. The van der Waals surface area contributed by atoms with E-state index in [2.05, 4.69) is 29.8 Å². The van der Waals surface area contributed by atoms with Gasteiger partial charge in [0.15, 0.2) is 0 Å². The van der Waals surface area contributed by atoms with Crippen molar-refractivity contribution in [1.29, 1.82) is 0 Å². The Bertz CT molecular complexity index is 993. The summed E-state index contributed by atoms with van der Waals surface area (Å²) in [4.78, 5) is 13.7. The van der Waals surface area contributed by atoms with Crippen molar-refractivity contribution in [2.75, 3.05) is 6.54 Å². The molecule has 0 spiro atoms. The van der Waals surface area contributed by atoms with E-state index >= 15 is 0 Å². The van der Waals surface area contributed by atoms with E-state index < -0.39 is 11.7 Å². The maximum atomic E-state index is 12.7. The quantitative estimate of drug-likeness (QED) is 0.529. The highest BCUT2D eigenvalue weighted by molar-refractivity contribution is 7.15. The zero-order chi connectivity index (χ0) is 20.6. The summed E-state index contributed by atoms with van der Waals surface area (Å²) in [6.45, 7) is 6.77. The zero-order valence-electron chi connectivity index (χ0n) is 16.3. The minimum absolute atomic E-state index is 0.327. The summed E-state index contributed by atoms with van der Waals surface area (Å²) in [7, 11) is 0. The van der Waals surface area contributed by atoms with Crippen molar-refractivity contribution in [2.24, 2.45) is 0 Å². The predicted molar refractivity (Wildman–Crippen MR) is 109 cm³/mol. The molecule has 3 heterocycles. The Labute approximate surface area is 172 Å². The van der Waals surface area contributed by atoms with Gasteiger partial charge in [-0.2, -0.15) is 13.2 Å². The van der Waals surface area contributed by atoms with Gasteiger partial charge in [-0.05, 0) is 29.8 Å². The monoisotopic (exact) mass is 417 g/mol. The number of fused-ring (bicyclic) bond motifs is 1. The second kappa shape index (κ2) is 7.88. The fourth-order valence-corrected chi connectivity index (χ4v) is 4.52. The molecule has 0 N–H and O–H groups in total. The van der Waals surface area contributed by atoms with Crippen molar-refractivity contribution in [3.63, 3.8) is 0 Å². The van der Waals surface area contributed by atoms with Crippen molar-refractivity contribution in [2.45, 2.75) is 45.5 Å². The third-order valence-corrected chi connectivity index (χ3v) is 6.20. The molecular weight excluding hydrogens is 395 g/mol. The zero-order valence-corrected chi connectivity index (χ0v) is 17.1. The van der Waals surface area contributed by atoms with Gasteiger partial charge < -0.3 is 0 Å². The average Bonchev–Trinajstić information content (AvgIpc) is 3.15. The normalized spacial score (nSPS) is 15.0. The van der Waals surface area contributed by atoms with Crippen molar-refractivity contribution in [1.82, 2.24) is 14.9 Å². The van der Waals surface area contributed by atoms with Gasteiger partial charge in [0.1, 0.15) is 5.82 Å². The van der Waals surface area contributed by atoms with Crippen LogP contribution >= 0.6 is 11.3 Å². The molecule has 7 heteroatoms. The molecule has 3 nitrogen and oxygen atoms in total. The number of thiophene rings is 1. The van der Waals surface area contributed by atoms with Crippen LogP contribution in [0.15, 0.2) is 42.6 Å². The summed E-state index contributed by atoms with van der Waals surface area (Å²) >= 11 is 1.63. The van der Waals surface area contributed by atoms with Gasteiger partial charge in [-0.15, -0.1) is 11.3 Å². The van der Waals surface area contributed by atoms with E-state index in [9.17, 15) is 13.2 Å². The van der Waals surface area contributed by atoms with E-state index in [0.717, 1.165) is 60.1 Å². The van der Waals surface area contributed by atoms with Crippen LogP contribution in [0.4, 0.5) is 13.2 Å². The highest BCUT2D eigenvalue weighted by atomic mass is 32.1. The lowest BCUT2D eigenvalue weighted by atomic mass is 10.1. The lowest BCUT2D eigenvalue weighted by molar-refractivity contribution is -0.137. The fourth-order valence-electron chi connectivity index (χ4n) is 3.47. The van der Waals surface area contributed by atoms with Crippen molar-refractivity contribution < 1.29 is 13.2 Å². The molecule has 0 bridgehead atoms. The molecule has 0 radical (unpaired) electrons. The Kier molecular flexibility index (Phi) is 5.44. The van der Waals surface area contributed by atoms with Crippen LogP contribution in [-0.2, 0) is 25.7 Å². The number of hydrogen-bond acceptors (Lipinski definition) is 4. The van der Waals surface area contributed by atoms with Crippen molar-refractivity contribution >= 4 is 11.3 Å². The summed E-state index contributed by atoms with van der Waals surface area (Å²) < 4.78 is 38.2. The van der Waals surface area contributed by atoms with Crippen molar-refractivity contribution in [3.05, 3.63) is 70.1 Å². The Morgan fingerprint density at radius 1 is 1.10 bits per heavy atom. The molecule has 0 unspecified atom stereocenters. The summed E-state index contributed by atoms with van der Waals surface area (Å²) in [5.41, 5.74) is 2.53. The number of hydrogen-bond donors (Lipinski definition) is 0. The Balaban J connectivity index is 1.43. The van der Waals surface area contributed by atoms with E-state index in [1.54, 1.807) is 23.5 Å². The van der Waals surface area contributed by atoms with Crippen LogP contribution in [0.5, 0.6) is 0 Å². The maximum absolute atomic E-state index is 12.7. The lowest BCUT2D eigenvalue weighted by Crippen LogP contribution is -2.30. The molecule has 2 aromatic heterocycles. The lowest BCUT2D eigenvalue weighted by Gasteiger charge is -2.27. The minimum Gasteiger partial charge on any atom is -0.293 e. The highest BCUT2D eigenvalue weighted by Crippen LogP contribution is 2.34. The first-order chi connectivity index (χ1) is 13.8. The third-order valence-electron chi connectivity index (χ3n) is 5.09. The number of halogens is 3. The van der Waals surface area contributed by atoms with Gasteiger partial charge in [0.05, 0.1) is 5.56 Å². The predicted octanol–water partition coefficient (Wildman–Crippen LogP) is 5.91. The number of aromatic nitrogens is 2. The summed E-state index contributed by atoms with van der Waals surface area (Å²) in [6.07, 6.45) is -1.44. The standard InChI is InChI=1S/C22H22F3N3S/c1-14(2)21-26-11-16-12-28(10-9-19(16)27-21)13-18-7-8-20(29-18)15-3-5-17(6-4-15)22(23,24)25/h3-8,11,14H,9-10,12-13H2,1-2H3. The van der Waals surface area contributed by atoms with Crippen LogP contribution in [0.2, 0.25) is 0 Å². The summed E-state index contributed by atoms with van der Waals surface area (Å²) in [5, 5.41) is 0. The highest BCUT2D eigenvalue weighted by Gasteiger charge is 2.30. The first kappa shape index (κ1) is 20.0. The molecule has 152 valence electrons. The molecule has 0 aliphatic carbocycles. The second-order valence-corrected chi connectivity index (χ2v) is 8.82. The molecule has 29 heavy (non-hydrogen) atoms. The minimum atomic E-state index is -4.30. The first-order valence-electron chi connectivity index (χ1n) is 9.63. The summed E-state index contributed by atoms with van der Waals surface area (Å²) in [5.74, 6) is 1.23. The SMILES string of the molecule is CC(C)c1ncc2c(n1)CCN(Cc1ccc(-c3ccc(C(F)(F)F)cc3)s1)C2. The average molecular weight is 418 g/mol. The second-order valence-electron chi connectivity index (χ2n) is 7.66. The molecule has 0 saturated carbocycles. The number of rotatable bonds is 4. The van der Waals surface area contributed by atoms with Gasteiger partial charge in [0.25, 0.3) is 0 Å². The smallest absolute Gasteiger partial charge is 0.293 e. The molecular formula is C22H22F3N3S. The Morgan fingerprint density at radius 2 is 1.86 bits per heavy atom. The van der Waals surface area contributed by atoms with Gasteiger partial charge in [-0.25, -0.2) is 9.97 Å². The molecule has 1 aliphatic heterocycles. The Hall–Kier alpha value is -2.25. The molecule has 0 saturated heterocycles. The first-order valence-corrected chi connectivity index (χ1v) is 10.4. The molecule has 0 atom stereocenters. The van der Waals surface area contributed by atoms with Crippen molar-refractivity contribution in [3.8, 4) is 10.4 Å². The molecule has 1 aliphatic rings. The third kappa shape index (κ3) is 4.51. The van der Waals surface area contributed by atoms with E-state index in [4.69, 9.17) is 4.98 Å².